The predicted octanol–water partition coefficient (Wildman–Crippen LogP) is 2.74. The SMILES string of the molecule is C/C(N)=C(\C)C(=O)C(=CO)S(=O)(=O)C1CCCCCCC1. The molecular formula is C15H25NO4S. The molecule has 0 bridgehead atoms. The fourth-order valence-electron chi connectivity index (χ4n) is 2.53. The number of allylic oxidation sites excluding steroid dienone is 3. The summed E-state index contributed by atoms with van der Waals surface area (Å²) in [6.45, 7) is 3.00. The van der Waals surface area contributed by atoms with Gasteiger partial charge in [-0.05, 0) is 26.7 Å². The fraction of sp³-hybridized carbons (Fsp3) is 0.667. The van der Waals surface area contributed by atoms with Gasteiger partial charge in [-0.1, -0.05) is 32.1 Å². The first-order chi connectivity index (χ1) is 9.82. The molecule has 0 aliphatic heterocycles. The molecule has 0 amide bonds. The lowest BCUT2D eigenvalue weighted by Gasteiger charge is -2.21. The van der Waals surface area contributed by atoms with Gasteiger partial charge in [-0.2, -0.15) is 0 Å². The summed E-state index contributed by atoms with van der Waals surface area (Å²) in [4.78, 5) is 11.7. The maximum absolute atomic E-state index is 12.6. The Morgan fingerprint density at radius 1 is 1.10 bits per heavy atom. The van der Waals surface area contributed by atoms with E-state index in [-0.39, 0.29) is 11.3 Å². The summed E-state index contributed by atoms with van der Waals surface area (Å²) in [5, 5.41) is 8.70. The van der Waals surface area contributed by atoms with Crippen molar-refractivity contribution in [2.45, 2.75) is 64.0 Å². The molecule has 5 nitrogen and oxygen atoms in total. The van der Waals surface area contributed by atoms with Crippen LogP contribution in [0.3, 0.4) is 0 Å². The Hall–Kier alpha value is -1.30. The number of hydrogen-bond acceptors (Lipinski definition) is 5. The van der Waals surface area contributed by atoms with Crippen LogP contribution in [0.25, 0.3) is 0 Å². The molecule has 0 aromatic rings. The summed E-state index contributed by atoms with van der Waals surface area (Å²) in [5.74, 6) is -0.709. The van der Waals surface area contributed by atoms with E-state index in [2.05, 4.69) is 0 Å². The van der Waals surface area contributed by atoms with Gasteiger partial charge in [0.05, 0.1) is 5.25 Å². The number of aliphatic hydroxyl groups excluding tert-OH is 1. The zero-order valence-electron chi connectivity index (χ0n) is 12.8. The second-order valence-corrected chi connectivity index (χ2v) is 7.84. The molecule has 0 heterocycles. The van der Waals surface area contributed by atoms with E-state index in [4.69, 9.17) is 5.73 Å². The molecule has 0 unspecified atom stereocenters. The van der Waals surface area contributed by atoms with Gasteiger partial charge in [-0.3, -0.25) is 4.79 Å². The van der Waals surface area contributed by atoms with Gasteiger partial charge >= 0.3 is 0 Å². The van der Waals surface area contributed by atoms with E-state index in [1.54, 1.807) is 0 Å². The van der Waals surface area contributed by atoms with E-state index >= 15 is 0 Å². The average Bonchev–Trinajstić information content (AvgIpc) is 2.36. The molecule has 1 saturated carbocycles. The summed E-state index contributed by atoms with van der Waals surface area (Å²) < 4.78 is 25.3. The van der Waals surface area contributed by atoms with Gasteiger partial charge in [-0.25, -0.2) is 8.42 Å². The van der Waals surface area contributed by atoms with Crippen LogP contribution in [0, 0.1) is 0 Å². The number of carbonyl (C=O) groups is 1. The number of ketones is 1. The Morgan fingerprint density at radius 2 is 1.57 bits per heavy atom. The third-order valence-corrected chi connectivity index (χ3v) is 6.32. The van der Waals surface area contributed by atoms with Gasteiger partial charge in [-0.15, -0.1) is 0 Å². The topological polar surface area (TPSA) is 97.5 Å². The lowest BCUT2D eigenvalue weighted by molar-refractivity contribution is -0.111. The normalized spacial score (nSPS) is 20.4. The molecule has 0 radical (unpaired) electrons. The molecule has 0 aromatic carbocycles. The van der Waals surface area contributed by atoms with Crippen LogP contribution in [0.15, 0.2) is 22.4 Å². The summed E-state index contributed by atoms with van der Waals surface area (Å²) >= 11 is 0. The summed E-state index contributed by atoms with van der Waals surface area (Å²) in [6.07, 6.45) is 6.32. The predicted molar refractivity (Wildman–Crippen MR) is 83.3 cm³/mol. The van der Waals surface area contributed by atoms with E-state index in [0.717, 1.165) is 32.1 Å². The molecule has 1 aliphatic carbocycles. The van der Waals surface area contributed by atoms with E-state index in [1.807, 2.05) is 0 Å². The number of aliphatic hydroxyl groups is 1. The first kappa shape index (κ1) is 17.8. The van der Waals surface area contributed by atoms with Crippen molar-refractivity contribution in [3.05, 3.63) is 22.4 Å². The zero-order valence-corrected chi connectivity index (χ0v) is 13.6. The molecule has 0 spiro atoms. The second kappa shape index (κ2) is 7.64. The van der Waals surface area contributed by atoms with Crippen LogP contribution in [0.2, 0.25) is 0 Å². The van der Waals surface area contributed by atoms with Crippen molar-refractivity contribution in [3.63, 3.8) is 0 Å². The number of carbonyl (C=O) groups excluding carboxylic acids is 1. The molecule has 0 saturated heterocycles. The summed E-state index contributed by atoms with van der Waals surface area (Å²) in [7, 11) is -3.82. The number of sulfone groups is 1. The molecule has 0 aromatic heterocycles. The quantitative estimate of drug-likeness (QED) is 0.614. The molecule has 6 heteroatoms. The molecule has 0 atom stereocenters. The molecule has 1 rings (SSSR count). The van der Waals surface area contributed by atoms with Crippen LogP contribution < -0.4 is 5.73 Å². The standard InChI is InChI=1S/C15H25NO4S/c1-11(12(2)16)15(18)14(10-17)21(19,20)13-8-6-4-3-5-7-9-13/h10,13,17H,3-9,16H2,1-2H3/b12-11-,14-10?. The Balaban J connectivity index is 3.08. The molecular weight excluding hydrogens is 290 g/mol. The highest BCUT2D eigenvalue weighted by Gasteiger charge is 2.34. The Bertz CT molecular complexity index is 534. The molecule has 3 N–H and O–H groups in total. The number of hydrogen-bond donors (Lipinski definition) is 2. The first-order valence-electron chi connectivity index (χ1n) is 7.38. The Kier molecular flexibility index (Phi) is 6.45. The molecule has 120 valence electrons. The Morgan fingerprint density at radius 3 is 2.00 bits per heavy atom. The lowest BCUT2D eigenvalue weighted by Crippen LogP contribution is -2.28. The molecule has 1 aliphatic rings. The highest BCUT2D eigenvalue weighted by molar-refractivity contribution is 7.96. The lowest BCUT2D eigenvalue weighted by atomic mass is 10.0. The monoisotopic (exact) mass is 315 g/mol. The van der Waals surface area contributed by atoms with E-state index in [1.165, 1.54) is 13.8 Å². The number of Topliss-reactive ketones (excluding diaryl/α,β-unsaturated/α-hetero) is 1. The molecule has 21 heavy (non-hydrogen) atoms. The van der Waals surface area contributed by atoms with E-state index < -0.39 is 25.8 Å². The van der Waals surface area contributed by atoms with Crippen molar-refractivity contribution in [2.24, 2.45) is 5.73 Å². The van der Waals surface area contributed by atoms with Crippen molar-refractivity contribution >= 4 is 15.6 Å². The van der Waals surface area contributed by atoms with Crippen LogP contribution in [0.1, 0.15) is 58.8 Å². The van der Waals surface area contributed by atoms with Gasteiger partial charge < -0.3 is 10.8 Å². The van der Waals surface area contributed by atoms with Crippen LogP contribution in [0.5, 0.6) is 0 Å². The third-order valence-electron chi connectivity index (χ3n) is 4.07. The number of rotatable bonds is 4. The zero-order chi connectivity index (χ0) is 16.0. The maximum atomic E-state index is 12.6. The largest absolute Gasteiger partial charge is 0.514 e. The van der Waals surface area contributed by atoms with Crippen molar-refractivity contribution in [1.82, 2.24) is 0 Å². The van der Waals surface area contributed by atoms with Crippen LogP contribution in [-0.4, -0.2) is 24.6 Å². The van der Waals surface area contributed by atoms with E-state index in [9.17, 15) is 18.3 Å². The van der Waals surface area contributed by atoms with E-state index in [0.29, 0.717) is 19.1 Å². The van der Waals surface area contributed by atoms with Crippen molar-refractivity contribution in [3.8, 4) is 0 Å². The molecule has 1 fully saturated rings. The number of nitrogens with two attached hydrogens (primary N) is 1. The first-order valence-corrected chi connectivity index (χ1v) is 8.93. The van der Waals surface area contributed by atoms with Crippen LogP contribution >= 0.6 is 0 Å². The summed E-state index contributed by atoms with van der Waals surface area (Å²) in [5.41, 5.74) is 5.97. The van der Waals surface area contributed by atoms with Gasteiger partial charge in [0.1, 0.15) is 11.2 Å². The fourth-order valence-corrected chi connectivity index (χ4v) is 4.41. The highest BCUT2D eigenvalue weighted by atomic mass is 32.2. The minimum Gasteiger partial charge on any atom is -0.514 e. The van der Waals surface area contributed by atoms with Gasteiger partial charge in [0.2, 0.25) is 5.78 Å². The third kappa shape index (κ3) is 4.33. The van der Waals surface area contributed by atoms with Gasteiger partial charge in [0.15, 0.2) is 9.84 Å². The van der Waals surface area contributed by atoms with Gasteiger partial charge in [0, 0.05) is 11.3 Å². The van der Waals surface area contributed by atoms with Crippen molar-refractivity contribution in [1.29, 1.82) is 0 Å². The maximum Gasteiger partial charge on any atom is 0.204 e. The highest BCUT2D eigenvalue weighted by Crippen LogP contribution is 2.28. The second-order valence-electron chi connectivity index (χ2n) is 5.64. The van der Waals surface area contributed by atoms with Crippen LogP contribution in [0.4, 0.5) is 0 Å². The smallest absolute Gasteiger partial charge is 0.204 e. The summed E-state index contributed by atoms with van der Waals surface area (Å²) in [6, 6.07) is 0. The van der Waals surface area contributed by atoms with Crippen molar-refractivity contribution in [2.75, 3.05) is 0 Å². The minimum absolute atomic E-state index is 0.157. The Labute approximate surface area is 126 Å². The van der Waals surface area contributed by atoms with Crippen LogP contribution in [-0.2, 0) is 14.6 Å². The van der Waals surface area contributed by atoms with Crippen molar-refractivity contribution < 1.29 is 18.3 Å². The average molecular weight is 315 g/mol. The minimum atomic E-state index is -3.82. The van der Waals surface area contributed by atoms with Gasteiger partial charge in [0.25, 0.3) is 0 Å².